The molecule has 114 valence electrons. The van der Waals surface area contributed by atoms with Gasteiger partial charge in [0.15, 0.2) is 0 Å². The van der Waals surface area contributed by atoms with Gasteiger partial charge in [0.2, 0.25) is 0 Å². The number of ether oxygens (including phenoxy) is 2. The normalized spacial score (nSPS) is 18.6. The number of nitrogens with one attached hydrogen (secondary N) is 1. The lowest BCUT2D eigenvalue weighted by molar-refractivity contribution is 0.0315. The summed E-state index contributed by atoms with van der Waals surface area (Å²) in [6.07, 6.45) is 2.32. The maximum absolute atomic E-state index is 5.99. The van der Waals surface area contributed by atoms with Crippen LogP contribution in [-0.4, -0.2) is 25.9 Å². The molecule has 1 aromatic carbocycles. The third kappa shape index (κ3) is 3.46. The number of fused-ring (bicyclic) bond motifs is 1. The molecule has 4 heteroatoms. The molecule has 3 rings (SSSR count). The summed E-state index contributed by atoms with van der Waals surface area (Å²) in [6, 6.07) is 8.17. The van der Waals surface area contributed by atoms with Gasteiger partial charge in [0.25, 0.3) is 0 Å². The van der Waals surface area contributed by atoms with E-state index in [4.69, 9.17) is 13.9 Å². The molecule has 1 unspecified atom stereocenters. The standard InChI is InChI=1S/C17H23NO3/c1-2-8-18-10-17-15(12-20-13-7-9-19-11-13)14-5-3-4-6-16(14)21-17/h3-6,13,18H,2,7-12H2,1H3. The van der Waals surface area contributed by atoms with Crippen LogP contribution in [0.4, 0.5) is 0 Å². The molecule has 1 N–H and O–H groups in total. The van der Waals surface area contributed by atoms with E-state index in [1.165, 1.54) is 5.56 Å². The lowest BCUT2D eigenvalue weighted by Crippen LogP contribution is -2.16. The van der Waals surface area contributed by atoms with Crippen molar-refractivity contribution >= 4 is 11.0 Å². The van der Waals surface area contributed by atoms with Crippen molar-refractivity contribution in [1.29, 1.82) is 0 Å². The third-order valence-corrected chi connectivity index (χ3v) is 3.85. The average molecular weight is 289 g/mol. The zero-order valence-corrected chi connectivity index (χ0v) is 12.6. The predicted octanol–water partition coefficient (Wildman–Crippen LogP) is 3.24. The lowest BCUT2D eigenvalue weighted by Gasteiger charge is -2.10. The monoisotopic (exact) mass is 289 g/mol. The van der Waals surface area contributed by atoms with Crippen molar-refractivity contribution in [2.75, 3.05) is 19.8 Å². The second-order valence-corrected chi connectivity index (χ2v) is 5.47. The van der Waals surface area contributed by atoms with Gasteiger partial charge in [0.1, 0.15) is 11.3 Å². The number of rotatable bonds is 7. The largest absolute Gasteiger partial charge is 0.459 e. The molecule has 1 aliphatic heterocycles. The van der Waals surface area contributed by atoms with E-state index in [2.05, 4.69) is 18.3 Å². The molecule has 21 heavy (non-hydrogen) atoms. The average Bonchev–Trinajstić information content (AvgIpc) is 3.12. The smallest absolute Gasteiger partial charge is 0.134 e. The summed E-state index contributed by atoms with van der Waals surface area (Å²) in [7, 11) is 0. The number of para-hydroxylation sites is 1. The number of hydrogen-bond donors (Lipinski definition) is 1. The van der Waals surface area contributed by atoms with Crippen LogP contribution in [0.2, 0.25) is 0 Å². The summed E-state index contributed by atoms with van der Waals surface area (Å²) < 4.78 is 17.3. The minimum Gasteiger partial charge on any atom is -0.459 e. The SMILES string of the molecule is CCCNCc1oc2ccccc2c1COC1CCOC1. The van der Waals surface area contributed by atoms with Crippen molar-refractivity contribution in [2.24, 2.45) is 0 Å². The molecular formula is C17H23NO3. The third-order valence-electron chi connectivity index (χ3n) is 3.85. The molecule has 1 saturated heterocycles. The van der Waals surface area contributed by atoms with E-state index in [0.717, 1.165) is 49.3 Å². The van der Waals surface area contributed by atoms with Gasteiger partial charge in [-0.1, -0.05) is 25.1 Å². The van der Waals surface area contributed by atoms with Gasteiger partial charge in [0, 0.05) is 17.6 Å². The molecule has 1 fully saturated rings. The van der Waals surface area contributed by atoms with E-state index in [1.54, 1.807) is 0 Å². The van der Waals surface area contributed by atoms with Gasteiger partial charge in [-0.3, -0.25) is 0 Å². The van der Waals surface area contributed by atoms with E-state index in [0.29, 0.717) is 13.2 Å². The van der Waals surface area contributed by atoms with Crippen LogP contribution in [0.25, 0.3) is 11.0 Å². The molecule has 1 aromatic heterocycles. The fourth-order valence-corrected chi connectivity index (χ4v) is 2.67. The molecule has 2 heterocycles. The molecule has 0 amide bonds. The van der Waals surface area contributed by atoms with Crippen molar-refractivity contribution in [3.63, 3.8) is 0 Å². The van der Waals surface area contributed by atoms with E-state index in [1.807, 2.05) is 18.2 Å². The Morgan fingerprint density at radius 1 is 1.33 bits per heavy atom. The summed E-state index contributed by atoms with van der Waals surface area (Å²) in [6.45, 7) is 6.01. The fourth-order valence-electron chi connectivity index (χ4n) is 2.67. The minimum atomic E-state index is 0.218. The highest BCUT2D eigenvalue weighted by Crippen LogP contribution is 2.27. The topological polar surface area (TPSA) is 43.6 Å². The molecular weight excluding hydrogens is 266 g/mol. The molecule has 2 aromatic rings. The van der Waals surface area contributed by atoms with E-state index >= 15 is 0 Å². The summed E-state index contributed by atoms with van der Waals surface area (Å²) >= 11 is 0. The molecule has 0 radical (unpaired) electrons. The van der Waals surface area contributed by atoms with Gasteiger partial charge in [-0.2, -0.15) is 0 Å². The zero-order chi connectivity index (χ0) is 14.5. The molecule has 0 spiro atoms. The van der Waals surface area contributed by atoms with Crippen molar-refractivity contribution < 1.29 is 13.9 Å². The van der Waals surface area contributed by atoms with Crippen LogP contribution in [0, 0.1) is 0 Å². The highest BCUT2D eigenvalue weighted by Gasteiger charge is 2.19. The maximum atomic E-state index is 5.99. The fraction of sp³-hybridized carbons (Fsp3) is 0.529. The highest BCUT2D eigenvalue weighted by atomic mass is 16.5. The first-order valence-corrected chi connectivity index (χ1v) is 7.78. The van der Waals surface area contributed by atoms with Gasteiger partial charge < -0.3 is 19.2 Å². The van der Waals surface area contributed by atoms with Gasteiger partial charge in [-0.15, -0.1) is 0 Å². The van der Waals surface area contributed by atoms with Crippen molar-refractivity contribution in [3.8, 4) is 0 Å². The minimum absolute atomic E-state index is 0.218. The Kier molecular flexibility index (Phi) is 4.91. The van der Waals surface area contributed by atoms with E-state index in [9.17, 15) is 0 Å². The van der Waals surface area contributed by atoms with Crippen LogP contribution in [-0.2, 0) is 22.6 Å². The number of hydrogen-bond acceptors (Lipinski definition) is 4. The molecule has 0 aliphatic carbocycles. The van der Waals surface area contributed by atoms with Gasteiger partial charge >= 0.3 is 0 Å². The van der Waals surface area contributed by atoms with Gasteiger partial charge in [-0.05, 0) is 25.5 Å². The van der Waals surface area contributed by atoms with Gasteiger partial charge in [0.05, 0.1) is 25.9 Å². The van der Waals surface area contributed by atoms with Crippen LogP contribution < -0.4 is 5.32 Å². The number of furan rings is 1. The zero-order valence-electron chi connectivity index (χ0n) is 12.6. The van der Waals surface area contributed by atoms with Crippen LogP contribution >= 0.6 is 0 Å². The highest BCUT2D eigenvalue weighted by molar-refractivity contribution is 5.82. The molecule has 1 atom stereocenters. The Hall–Kier alpha value is -1.36. The molecule has 0 saturated carbocycles. The molecule has 4 nitrogen and oxygen atoms in total. The lowest BCUT2D eigenvalue weighted by atomic mass is 10.1. The molecule has 0 bridgehead atoms. The Morgan fingerprint density at radius 2 is 2.24 bits per heavy atom. The Labute approximate surface area is 125 Å². The van der Waals surface area contributed by atoms with E-state index in [-0.39, 0.29) is 6.10 Å². The Bertz CT molecular complexity index is 572. The first-order valence-electron chi connectivity index (χ1n) is 7.78. The first-order chi connectivity index (χ1) is 10.4. The Balaban J connectivity index is 1.76. The second kappa shape index (κ2) is 7.07. The summed E-state index contributed by atoms with van der Waals surface area (Å²) in [5.41, 5.74) is 2.10. The maximum Gasteiger partial charge on any atom is 0.134 e. The van der Waals surface area contributed by atoms with Crippen LogP contribution in [0.3, 0.4) is 0 Å². The summed E-state index contributed by atoms with van der Waals surface area (Å²) in [5, 5.41) is 4.56. The Morgan fingerprint density at radius 3 is 3.05 bits per heavy atom. The predicted molar refractivity (Wildman–Crippen MR) is 82.2 cm³/mol. The van der Waals surface area contributed by atoms with Crippen LogP contribution in [0.1, 0.15) is 31.1 Å². The molecule has 1 aliphatic rings. The van der Waals surface area contributed by atoms with Crippen molar-refractivity contribution in [3.05, 3.63) is 35.6 Å². The van der Waals surface area contributed by atoms with Crippen molar-refractivity contribution in [2.45, 2.75) is 39.0 Å². The van der Waals surface area contributed by atoms with Crippen LogP contribution in [0.15, 0.2) is 28.7 Å². The van der Waals surface area contributed by atoms with Crippen LogP contribution in [0.5, 0.6) is 0 Å². The quantitative estimate of drug-likeness (QED) is 0.795. The summed E-state index contributed by atoms with van der Waals surface area (Å²) in [4.78, 5) is 0. The van der Waals surface area contributed by atoms with Gasteiger partial charge in [-0.25, -0.2) is 0 Å². The van der Waals surface area contributed by atoms with E-state index < -0.39 is 0 Å². The number of benzene rings is 1. The first kappa shape index (κ1) is 14.6. The summed E-state index contributed by atoms with van der Waals surface area (Å²) in [5.74, 6) is 0.989. The second-order valence-electron chi connectivity index (χ2n) is 5.47. The van der Waals surface area contributed by atoms with Crippen molar-refractivity contribution in [1.82, 2.24) is 5.32 Å².